The molecule has 24 heavy (non-hydrogen) atoms. The van der Waals surface area contributed by atoms with Crippen LogP contribution < -0.4 is 16.0 Å². The summed E-state index contributed by atoms with van der Waals surface area (Å²) in [5.41, 5.74) is 8.75. The van der Waals surface area contributed by atoms with Gasteiger partial charge >= 0.3 is 0 Å². The average molecular weight is 456 g/mol. The van der Waals surface area contributed by atoms with Crippen molar-refractivity contribution in [3.63, 3.8) is 0 Å². The second-order valence-electron chi connectivity index (χ2n) is 5.90. The summed E-state index contributed by atoms with van der Waals surface area (Å²) in [5.74, 6) is 0.543. The Bertz CT molecular complexity index is 657. The highest BCUT2D eigenvalue weighted by Gasteiger charge is 2.24. The number of guanidine groups is 1. The molecule has 0 fully saturated rings. The number of nitrogens with zero attached hydrogens (tertiary/aromatic N) is 2. The Hall–Kier alpha value is -1.28. The minimum atomic E-state index is 0. The molecule has 2 heterocycles. The molecule has 0 bridgehead atoms. The Balaban J connectivity index is 0.00000208. The third-order valence-electron chi connectivity index (χ3n) is 4.23. The van der Waals surface area contributed by atoms with E-state index in [1.165, 1.54) is 16.1 Å². The highest BCUT2D eigenvalue weighted by molar-refractivity contribution is 14.0. The molecule has 1 aliphatic rings. The van der Waals surface area contributed by atoms with Gasteiger partial charge in [-0.05, 0) is 36.4 Å². The van der Waals surface area contributed by atoms with Crippen LogP contribution in [-0.4, -0.2) is 31.6 Å². The van der Waals surface area contributed by atoms with Crippen LogP contribution in [0.2, 0.25) is 0 Å². The van der Waals surface area contributed by atoms with Crippen LogP contribution in [-0.2, 0) is 12.8 Å². The van der Waals surface area contributed by atoms with Crippen LogP contribution in [0.5, 0.6) is 0 Å². The second kappa shape index (κ2) is 9.27. The van der Waals surface area contributed by atoms with E-state index in [-0.39, 0.29) is 24.0 Å². The lowest BCUT2D eigenvalue weighted by atomic mass is 10.1. The molecule has 130 valence electrons. The van der Waals surface area contributed by atoms with Gasteiger partial charge in [-0.15, -0.1) is 35.3 Å². The van der Waals surface area contributed by atoms with Crippen molar-refractivity contribution in [1.82, 2.24) is 5.32 Å². The van der Waals surface area contributed by atoms with Gasteiger partial charge in [0, 0.05) is 42.7 Å². The fourth-order valence-electron chi connectivity index (χ4n) is 3.07. The maximum absolute atomic E-state index is 5.95. The van der Waals surface area contributed by atoms with E-state index < -0.39 is 0 Å². The number of thiophene rings is 1. The molecule has 0 radical (unpaired) electrons. The summed E-state index contributed by atoms with van der Waals surface area (Å²) in [6.07, 6.45) is 2.08. The summed E-state index contributed by atoms with van der Waals surface area (Å²) in [4.78, 5) is 8.19. The maximum Gasteiger partial charge on any atom is 0.188 e. The molecule has 0 aliphatic carbocycles. The number of benzene rings is 1. The van der Waals surface area contributed by atoms with Gasteiger partial charge in [-0.25, -0.2) is 0 Å². The van der Waals surface area contributed by atoms with E-state index in [2.05, 4.69) is 63.9 Å². The molecular formula is C18H25IN4S. The molecule has 1 aromatic carbocycles. The number of hydrogen-bond donors (Lipinski definition) is 2. The third kappa shape index (κ3) is 4.86. The number of anilines is 1. The maximum atomic E-state index is 5.95. The van der Waals surface area contributed by atoms with E-state index in [4.69, 9.17) is 5.73 Å². The lowest BCUT2D eigenvalue weighted by Crippen LogP contribution is -2.40. The van der Waals surface area contributed by atoms with Crippen LogP contribution >= 0.6 is 35.3 Å². The topological polar surface area (TPSA) is 53.6 Å². The highest BCUT2D eigenvalue weighted by atomic mass is 127. The second-order valence-corrected chi connectivity index (χ2v) is 6.93. The molecule has 1 atom stereocenters. The predicted molar refractivity (Wildman–Crippen MR) is 115 cm³/mol. The number of rotatable bonds is 6. The molecule has 6 heteroatoms. The van der Waals surface area contributed by atoms with E-state index in [1.807, 2.05) is 0 Å². The first-order valence-electron chi connectivity index (χ1n) is 8.15. The average Bonchev–Trinajstić information content (AvgIpc) is 3.16. The number of nitrogens with one attached hydrogen (secondary N) is 1. The first-order chi connectivity index (χ1) is 11.2. The van der Waals surface area contributed by atoms with Gasteiger partial charge in [0.25, 0.3) is 0 Å². The van der Waals surface area contributed by atoms with Gasteiger partial charge < -0.3 is 16.0 Å². The minimum Gasteiger partial charge on any atom is -0.370 e. The smallest absolute Gasteiger partial charge is 0.188 e. The molecule has 1 unspecified atom stereocenters. The zero-order valence-corrected chi connectivity index (χ0v) is 17.1. The van der Waals surface area contributed by atoms with Gasteiger partial charge in [-0.1, -0.05) is 24.3 Å². The summed E-state index contributed by atoms with van der Waals surface area (Å²) in [6, 6.07) is 13.4. The van der Waals surface area contributed by atoms with E-state index in [0.717, 1.165) is 32.5 Å². The summed E-state index contributed by atoms with van der Waals surface area (Å²) in [7, 11) is 0. The van der Waals surface area contributed by atoms with Crippen molar-refractivity contribution in [2.45, 2.75) is 25.8 Å². The number of fused-ring (bicyclic) bond motifs is 1. The first-order valence-corrected chi connectivity index (χ1v) is 9.02. The Morgan fingerprint density at radius 3 is 2.96 bits per heavy atom. The first kappa shape index (κ1) is 19.1. The van der Waals surface area contributed by atoms with E-state index in [1.54, 1.807) is 11.3 Å². The zero-order valence-electron chi connectivity index (χ0n) is 13.9. The fourth-order valence-corrected chi connectivity index (χ4v) is 3.77. The van der Waals surface area contributed by atoms with Gasteiger partial charge in [-0.2, -0.15) is 0 Å². The largest absolute Gasteiger partial charge is 0.370 e. The highest BCUT2D eigenvalue weighted by Crippen LogP contribution is 2.31. The molecule has 1 aliphatic heterocycles. The molecule has 4 nitrogen and oxygen atoms in total. The van der Waals surface area contributed by atoms with Crippen molar-refractivity contribution in [3.05, 3.63) is 52.2 Å². The van der Waals surface area contributed by atoms with E-state index in [9.17, 15) is 0 Å². The van der Waals surface area contributed by atoms with Crippen molar-refractivity contribution in [2.75, 3.05) is 24.5 Å². The molecular weight excluding hydrogens is 431 g/mol. The van der Waals surface area contributed by atoms with Crippen molar-refractivity contribution in [3.8, 4) is 0 Å². The normalized spacial score (nSPS) is 16.6. The van der Waals surface area contributed by atoms with Crippen LogP contribution in [0.15, 0.2) is 46.8 Å². The number of nitrogens with two attached hydrogens (primary N) is 1. The van der Waals surface area contributed by atoms with Gasteiger partial charge in [0.1, 0.15) is 0 Å². The molecule has 3 rings (SSSR count). The standard InChI is InChI=1S/C18H24N4S.HI/c1-14-13-15-5-2-3-7-17(15)22(14)11-10-21-18(19)20-9-8-16-6-4-12-23-16;/h2-7,12,14H,8-11,13H2,1H3,(H3,19,20,21);1H. The Morgan fingerprint density at radius 1 is 1.33 bits per heavy atom. The van der Waals surface area contributed by atoms with Crippen LogP contribution in [0.25, 0.3) is 0 Å². The zero-order chi connectivity index (χ0) is 16.1. The lowest BCUT2D eigenvalue weighted by Gasteiger charge is -2.25. The Morgan fingerprint density at radius 2 is 2.17 bits per heavy atom. The number of hydrogen-bond acceptors (Lipinski definition) is 3. The Labute approximate surface area is 165 Å². The van der Waals surface area contributed by atoms with Crippen LogP contribution in [0.1, 0.15) is 17.4 Å². The lowest BCUT2D eigenvalue weighted by molar-refractivity contribution is 0.660. The van der Waals surface area contributed by atoms with Crippen LogP contribution in [0.3, 0.4) is 0 Å². The summed E-state index contributed by atoms with van der Waals surface area (Å²) in [5, 5.41) is 5.32. The molecule has 0 saturated carbocycles. The quantitative estimate of drug-likeness (QED) is 0.399. The molecule has 2 aromatic rings. The monoisotopic (exact) mass is 456 g/mol. The van der Waals surface area contributed by atoms with E-state index in [0.29, 0.717) is 12.0 Å². The molecule has 0 spiro atoms. The SMILES string of the molecule is CC1Cc2ccccc2N1CCNC(N)=NCCc1cccs1.I. The number of para-hydroxylation sites is 1. The minimum absolute atomic E-state index is 0. The summed E-state index contributed by atoms with van der Waals surface area (Å²) in [6.45, 7) is 4.77. The van der Waals surface area contributed by atoms with Crippen molar-refractivity contribution in [2.24, 2.45) is 10.7 Å². The van der Waals surface area contributed by atoms with Gasteiger partial charge in [-0.3, -0.25) is 4.99 Å². The number of aliphatic imine (C=N–C) groups is 1. The van der Waals surface area contributed by atoms with Crippen molar-refractivity contribution >= 4 is 47.0 Å². The van der Waals surface area contributed by atoms with Crippen molar-refractivity contribution < 1.29 is 0 Å². The van der Waals surface area contributed by atoms with Crippen LogP contribution in [0, 0.1) is 0 Å². The molecule has 1 aromatic heterocycles. The van der Waals surface area contributed by atoms with Gasteiger partial charge in [0.05, 0.1) is 0 Å². The third-order valence-corrected chi connectivity index (χ3v) is 5.16. The van der Waals surface area contributed by atoms with E-state index >= 15 is 0 Å². The number of halogens is 1. The summed E-state index contributed by atoms with van der Waals surface area (Å²) < 4.78 is 0. The molecule has 3 N–H and O–H groups in total. The summed E-state index contributed by atoms with van der Waals surface area (Å²) >= 11 is 1.77. The predicted octanol–water partition coefficient (Wildman–Crippen LogP) is 3.26. The van der Waals surface area contributed by atoms with Crippen molar-refractivity contribution in [1.29, 1.82) is 0 Å². The fraction of sp³-hybridized carbons (Fsp3) is 0.389. The Kier molecular flexibility index (Phi) is 7.36. The molecule has 0 amide bonds. The van der Waals surface area contributed by atoms with Crippen LogP contribution in [0.4, 0.5) is 5.69 Å². The van der Waals surface area contributed by atoms with Gasteiger partial charge in [0.15, 0.2) is 5.96 Å². The molecule has 0 saturated heterocycles. The van der Waals surface area contributed by atoms with Gasteiger partial charge in [0.2, 0.25) is 0 Å².